The number of benzene rings is 2. The zero-order chi connectivity index (χ0) is 17.5. The lowest BCUT2D eigenvalue weighted by molar-refractivity contribution is 0.0974. The molecule has 1 heterocycles. The van der Waals surface area contributed by atoms with Gasteiger partial charge in [0.25, 0.3) is 0 Å². The van der Waals surface area contributed by atoms with E-state index in [4.69, 9.17) is 4.74 Å². The molecule has 25 heavy (non-hydrogen) atoms. The molecule has 2 aromatic rings. The monoisotopic (exact) mass is 338 g/mol. The predicted molar refractivity (Wildman–Crippen MR) is 102 cm³/mol. The Balaban J connectivity index is 1.43. The molecule has 4 heteroatoms. The van der Waals surface area contributed by atoms with Crippen LogP contribution in [0.15, 0.2) is 54.6 Å². The Kier molecular flexibility index (Phi) is 6.07. The first-order valence-corrected chi connectivity index (χ1v) is 8.96. The predicted octanol–water partition coefficient (Wildman–Crippen LogP) is 3.48. The molecule has 0 aromatic heterocycles. The smallest absolute Gasteiger partial charge is 0.162 e. The van der Waals surface area contributed by atoms with Gasteiger partial charge >= 0.3 is 0 Å². The third-order valence-electron chi connectivity index (χ3n) is 4.77. The maximum atomic E-state index is 12.2. The van der Waals surface area contributed by atoms with Crippen molar-refractivity contribution in [2.24, 2.45) is 0 Å². The fourth-order valence-corrected chi connectivity index (χ4v) is 3.34. The highest BCUT2D eigenvalue weighted by Crippen LogP contribution is 2.28. The lowest BCUT2D eigenvalue weighted by Gasteiger charge is -2.36. The van der Waals surface area contributed by atoms with Crippen LogP contribution < -0.4 is 9.64 Å². The summed E-state index contributed by atoms with van der Waals surface area (Å²) >= 11 is 0. The minimum atomic E-state index is 0.244. The highest BCUT2D eigenvalue weighted by Gasteiger charge is 2.19. The van der Waals surface area contributed by atoms with Crippen LogP contribution in [-0.4, -0.2) is 50.5 Å². The second kappa shape index (κ2) is 8.67. The number of Topliss-reactive ketones (excluding diaryl/α,β-unsaturated/α-hetero) is 1. The molecule has 0 saturated carbocycles. The maximum absolute atomic E-state index is 12.2. The van der Waals surface area contributed by atoms with Crippen LogP contribution in [0.4, 0.5) is 5.69 Å². The van der Waals surface area contributed by atoms with Crippen LogP contribution in [0, 0.1) is 0 Å². The van der Waals surface area contributed by atoms with Crippen LogP contribution in [0.5, 0.6) is 5.75 Å². The van der Waals surface area contributed by atoms with Gasteiger partial charge < -0.3 is 9.64 Å². The van der Waals surface area contributed by atoms with Crippen LogP contribution in [0.1, 0.15) is 23.2 Å². The van der Waals surface area contributed by atoms with Crippen LogP contribution in [0.2, 0.25) is 0 Å². The fourth-order valence-electron chi connectivity index (χ4n) is 3.34. The molecule has 0 unspecified atom stereocenters. The van der Waals surface area contributed by atoms with Gasteiger partial charge in [-0.05, 0) is 25.1 Å². The number of para-hydroxylation sites is 2. The largest absolute Gasteiger partial charge is 0.495 e. The van der Waals surface area contributed by atoms with E-state index in [2.05, 4.69) is 21.9 Å². The number of ketones is 1. The van der Waals surface area contributed by atoms with Gasteiger partial charge in [-0.2, -0.15) is 0 Å². The molecule has 1 fully saturated rings. The third kappa shape index (κ3) is 4.60. The maximum Gasteiger partial charge on any atom is 0.162 e. The Morgan fingerprint density at radius 2 is 1.64 bits per heavy atom. The van der Waals surface area contributed by atoms with E-state index in [0.717, 1.165) is 50.5 Å². The zero-order valence-electron chi connectivity index (χ0n) is 14.9. The summed E-state index contributed by atoms with van der Waals surface area (Å²) in [5, 5.41) is 0. The summed E-state index contributed by atoms with van der Waals surface area (Å²) in [5.74, 6) is 1.18. The summed E-state index contributed by atoms with van der Waals surface area (Å²) in [4.78, 5) is 17.0. The number of rotatable bonds is 7. The van der Waals surface area contributed by atoms with Crippen molar-refractivity contribution in [3.63, 3.8) is 0 Å². The summed E-state index contributed by atoms with van der Waals surface area (Å²) in [7, 11) is 1.72. The number of carbonyl (C=O) groups excluding carboxylic acids is 1. The van der Waals surface area contributed by atoms with E-state index in [0.29, 0.717) is 6.42 Å². The number of ether oxygens (including phenoxy) is 1. The van der Waals surface area contributed by atoms with Gasteiger partial charge in [-0.25, -0.2) is 0 Å². The molecule has 2 aromatic carbocycles. The fraction of sp³-hybridized carbons (Fsp3) is 0.381. The standard InChI is InChI=1S/C21H26N2O2/c1-25-21-12-6-5-10-19(21)23-16-14-22(15-17-23)13-7-11-20(24)18-8-3-2-4-9-18/h2-6,8-10,12H,7,11,13-17H2,1H3. The van der Waals surface area contributed by atoms with E-state index in [9.17, 15) is 4.79 Å². The molecule has 1 aliphatic heterocycles. The first kappa shape index (κ1) is 17.5. The Bertz CT molecular complexity index is 679. The first-order chi connectivity index (χ1) is 12.3. The molecule has 0 atom stereocenters. The molecule has 0 N–H and O–H groups in total. The molecular formula is C21H26N2O2. The first-order valence-electron chi connectivity index (χ1n) is 8.96. The molecule has 0 spiro atoms. The Morgan fingerprint density at radius 3 is 2.36 bits per heavy atom. The minimum Gasteiger partial charge on any atom is -0.495 e. The Labute approximate surface area is 150 Å². The van der Waals surface area contributed by atoms with E-state index in [1.165, 1.54) is 5.69 Å². The van der Waals surface area contributed by atoms with Gasteiger partial charge in [-0.1, -0.05) is 42.5 Å². The topological polar surface area (TPSA) is 32.8 Å². The van der Waals surface area contributed by atoms with Crippen LogP contribution >= 0.6 is 0 Å². The van der Waals surface area contributed by atoms with E-state index in [1.807, 2.05) is 42.5 Å². The van der Waals surface area contributed by atoms with Crippen molar-refractivity contribution in [2.75, 3.05) is 44.7 Å². The van der Waals surface area contributed by atoms with Crippen molar-refractivity contribution in [3.05, 3.63) is 60.2 Å². The van der Waals surface area contributed by atoms with Gasteiger partial charge in [-0.3, -0.25) is 9.69 Å². The van der Waals surface area contributed by atoms with Gasteiger partial charge in [0.05, 0.1) is 12.8 Å². The van der Waals surface area contributed by atoms with Gasteiger partial charge in [0, 0.05) is 38.2 Å². The van der Waals surface area contributed by atoms with Crippen molar-refractivity contribution in [1.82, 2.24) is 4.90 Å². The van der Waals surface area contributed by atoms with Crippen LogP contribution in [-0.2, 0) is 0 Å². The Hall–Kier alpha value is -2.33. The molecule has 3 rings (SSSR count). The second-order valence-corrected chi connectivity index (χ2v) is 6.39. The van der Waals surface area contributed by atoms with E-state index in [-0.39, 0.29) is 5.78 Å². The molecule has 0 aliphatic carbocycles. The van der Waals surface area contributed by atoms with Crippen molar-refractivity contribution in [2.45, 2.75) is 12.8 Å². The number of carbonyl (C=O) groups is 1. The average molecular weight is 338 g/mol. The van der Waals surface area contributed by atoms with Crippen molar-refractivity contribution in [3.8, 4) is 5.75 Å². The lowest BCUT2D eigenvalue weighted by Crippen LogP contribution is -2.46. The third-order valence-corrected chi connectivity index (χ3v) is 4.77. The van der Waals surface area contributed by atoms with Gasteiger partial charge in [-0.15, -0.1) is 0 Å². The summed E-state index contributed by atoms with van der Waals surface area (Å²) in [6.45, 7) is 5.02. The molecule has 1 aliphatic rings. The zero-order valence-corrected chi connectivity index (χ0v) is 14.9. The average Bonchev–Trinajstić information content (AvgIpc) is 2.69. The second-order valence-electron chi connectivity index (χ2n) is 6.39. The summed E-state index contributed by atoms with van der Waals surface area (Å²) < 4.78 is 5.47. The SMILES string of the molecule is COc1ccccc1N1CCN(CCCC(=O)c2ccccc2)CC1. The lowest BCUT2D eigenvalue weighted by atomic mass is 10.1. The summed E-state index contributed by atoms with van der Waals surface area (Å²) in [5.41, 5.74) is 1.99. The summed E-state index contributed by atoms with van der Waals surface area (Å²) in [6.07, 6.45) is 1.54. The van der Waals surface area contributed by atoms with E-state index >= 15 is 0 Å². The van der Waals surface area contributed by atoms with Crippen LogP contribution in [0.25, 0.3) is 0 Å². The van der Waals surface area contributed by atoms with Gasteiger partial charge in [0.15, 0.2) is 5.78 Å². The van der Waals surface area contributed by atoms with Crippen molar-refractivity contribution >= 4 is 11.5 Å². The number of nitrogens with zero attached hydrogens (tertiary/aromatic N) is 2. The number of piperazine rings is 1. The number of hydrogen-bond donors (Lipinski definition) is 0. The highest BCUT2D eigenvalue weighted by molar-refractivity contribution is 5.95. The van der Waals surface area contributed by atoms with Crippen molar-refractivity contribution in [1.29, 1.82) is 0 Å². The van der Waals surface area contributed by atoms with Crippen molar-refractivity contribution < 1.29 is 9.53 Å². The number of anilines is 1. The number of hydrogen-bond acceptors (Lipinski definition) is 4. The number of methoxy groups -OCH3 is 1. The minimum absolute atomic E-state index is 0.244. The normalized spacial score (nSPS) is 15.2. The molecular weight excluding hydrogens is 312 g/mol. The van der Waals surface area contributed by atoms with Gasteiger partial charge in [0.2, 0.25) is 0 Å². The molecule has 0 bridgehead atoms. The summed E-state index contributed by atoms with van der Waals surface area (Å²) in [6, 6.07) is 17.8. The molecule has 132 valence electrons. The van der Waals surface area contributed by atoms with E-state index in [1.54, 1.807) is 7.11 Å². The van der Waals surface area contributed by atoms with E-state index < -0.39 is 0 Å². The molecule has 0 radical (unpaired) electrons. The molecule has 4 nitrogen and oxygen atoms in total. The molecule has 0 amide bonds. The highest BCUT2D eigenvalue weighted by atomic mass is 16.5. The molecule has 1 saturated heterocycles. The quantitative estimate of drug-likeness (QED) is 0.724. The van der Waals surface area contributed by atoms with Crippen LogP contribution in [0.3, 0.4) is 0 Å². The Morgan fingerprint density at radius 1 is 0.960 bits per heavy atom. The van der Waals surface area contributed by atoms with Gasteiger partial charge in [0.1, 0.15) is 5.75 Å².